The molecular formula is C11H11NO4. The molecule has 0 saturated carbocycles. The van der Waals surface area contributed by atoms with Gasteiger partial charge in [-0.2, -0.15) is 0 Å². The van der Waals surface area contributed by atoms with E-state index in [4.69, 9.17) is 0 Å². The maximum absolute atomic E-state index is 10.8. The zero-order valence-corrected chi connectivity index (χ0v) is 8.75. The van der Waals surface area contributed by atoms with Crippen molar-refractivity contribution in [3.8, 4) is 0 Å². The first-order valence-electron chi connectivity index (χ1n) is 4.62. The van der Waals surface area contributed by atoms with Crippen molar-refractivity contribution in [1.29, 1.82) is 0 Å². The summed E-state index contributed by atoms with van der Waals surface area (Å²) in [6.45, 7) is 0. The summed E-state index contributed by atoms with van der Waals surface area (Å²) in [6.07, 6.45) is 3.11. The number of para-hydroxylation sites is 1. The van der Waals surface area contributed by atoms with Crippen LogP contribution in [0.2, 0.25) is 0 Å². The molecule has 84 valence electrons. The lowest BCUT2D eigenvalue weighted by atomic mass is 10.1. The lowest BCUT2D eigenvalue weighted by Gasteiger charge is -1.98. The zero-order valence-electron chi connectivity index (χ0n) is 8.75. The highest BCUT2D eigenvalue weighted by molar-refractivity contribution is 5.81. The SMILES string of the molecule is COC(=O)/C=C/Cc1ccccc1[N+](=O)[O-]. The largest absolute Gasteiger partial charge is 0.466 e. The summed E-state index contributed by atoms with van der Waals surface area (Å²) in [7, 11) is 1.28. The Bertz CT molecular complexity index is 426. The molecule has 0 unspecified atom stereocenters. The summed E-state index contributed by atoms with van der Waals surface area (Å²) in [5.41, 5.74) is 0.615. The number of nitrogens with zero attached hydrogens (tertiary/aromatic N) is 1. The van der Waals surface area contributed by atoms with Crippen molar-refractivity contribution in [3.63, 3.8) is 0 Å². The monoisotopic (exact) mass is 221 g/mol. The van der Waals surface area contributed by atoms with Crippen LogP contribution in [0.3, 0.4) is 0 Å². The molecule has 5 heteroatoms. The number of hydrogen-bond acceptors (Lipinski definition) is 4. The van der Waals surface area contributed by atoms with E-state index in [0.29, 0.717) is 12.0 Å². The van der Waals surface area contributed by atoms with Gasteiger partial charge in [-0.15, -0.1) is 0 Å². The lowest BCUT2D eigenvalue weighted by Crippen LogP contribution is -1.96. The number of allylic oxidation sites excluding steroid dienone is 1. The van der Waals surface area contributed by atoms with Gasteiger partial charge >= 0.3 is 5.97 Å². The fraction of sp³-hybridized carbons (Fsp3) is 0.182. The summed E-state index contributed by atoms with van der Waals surface area (Å²) in [4.78, 5) is 21.0. The maximum atomic E-state index is 10.8. The molecule has 0 amide bonds. The number of carbonyl (C=O) groups excluding carboxylic acids is 1. The normalized spacial score (nSPS) is 10.3. The van der Waals surface area contributed by atoms with Crippen molar-refractivity contribution >= 4 is 11.7 Å². The standard InChI is InChI=1S/C11H11NO4/c1-16-11(13)8-4-6-9-5-2-3-7-10(9)12(14)15/h2-5,7-8H,6H2,1H3/b8-4+. The second-order valence-electron chi connectivity index (χ2n) is 3.02. The molecule has 0 aromatic heterocycles. The quantitative estimate of drug-likeness (QED) is 0.337. The van der Waals surface area contributed by atoms with Crippen LogP contribution in [0.5, 0.6) is 0 Å². The fourth-order valence-corrected chi connectivity index (χ4v) is 1.21. The number of ether oxygens (including phenoxy) is 1. The third-order valence-corrected chi connectivity index (χ3v) is 1.98. The van der Waals surface area contributed by atoms with Crippen molar-refractivity contribution in [2.75, 3.05) is 7.11 Å². The van der Waals surface area contributed by atoms with Crippen LogP contribution in [0.4, 0.5) is 5.69 Å². The Morgan fingerprint density at radius 2 is 2.19 bits per heavy atom. The first kappa shape index (κ1) is 11.9. The van der Waals surface area contributed by atoms with Gasteiger partial charge in [-0.3, -0.25) is 10.1 Å². The molecule has 1 rings (SSSR count). The first-order valence-corrected chi connectivity index (χ1v) is 4.62. The molecule has 0 fully saturated rings. The third kappa shape index (κ3) is 3.20. The molecule has 0 bridgehead atoms. The van der Waals surface area contributed by atoms with E-state index in [1.54, 1.807) is 18.2 Å². The summed E-state index contributed by atoms with van der Waals surface area (Å²) < 4.78 is 4.41. The van der Waals surface area contributed by atoms with E-state index in [-0.39, 0.29) is 5.69 Å². The number of benzene rings is 1. The Morgan fingerprint density at radius 3 is 2.81 bits per heavy atom. The van der Waals surface area contributed by atoms with Crippen molar-refractivity contribution in [2.24, 2.45) is 0 Å². The number of nitro groups is 1. The number of hydrogen-bond donors (Lipinski definition) is 0. The van der Waals surface area contributed by atoms with Crippen LogP contribution in [0.1, 0.15) is 5.56 Å². The maximum Gasteiger partial charge on any atom is 0.330 e. The molecule has 0 heterocycles. The number of nitro benzene ring substituents is 1. The summed E-state index contributed by atoms with van der Waals surface area (Å²) in [5, 5.41) is 10.7. The summed E-state index contributed by atoms with van der Waals surface area (Å²) >= 11 is 0. The van der Waals surface area contributed by atoms with Crippen LogP contribution >= 0.6 is 0 Å². The van der Waals surface area contributed by atoms with Gasteiger partial charge in [0, 0.05) is 17.7 Å². The van der Waals surface area contributed by atoms with Crippen molar-refractivity contribution in [1.82, 2.24) is 0 Å². The molecule has 1 aromatic rings. The van der Waals surface area contributed by atoms with Gasteiger partial charge in [0.15, 0.2) is 0 Å². The van der Waals surface area contributed by atoms with E-state index in [9.17, 15) is 14.9 Å². The summed E-state index contributed by atoms with van der Waals surface area (Å²) in [5.74, 6) is -0.474. The van der Waals surface area contributed by atoms with Gasteiger partial charge in [-0.25, -0.2) is 4.79 Å². The average molecular weight is 221 g/mol. The third-order valence-electron chi connectivity index (χ3n) is 1.98. The van der Waals surface area contributed by atoms with Crippen molar-refractivity contribution in [3.05, 3.63) is 52.1 Å². The Labute approximate surface area is 92.5 Å². The van der Waals surface area contributed by atoms with E-state index in [0.717, 1.165) is 0 Å². The topological polar surface area (TPSA) is 69.4 Å². The lowest BCUT2D eigenvalue weighted by molar-refractivity contribution is -0.385. The molecule has 0 saturated heterocycles. The molecular weight excluding hydrogens is 210 g/mol. The van der Waals surface area contributed by atoms with E-state index < -0.39 is 10.9 Å². The van der Waals surface area contributed by atoms with Gasteiger partial charge in [0.1, 0.15) is 0 Å². The number of methoxy groups -OCH3 is 1. The highest BCUT2D eigenvalue weighted by Crippen LogP contribution is 2.18. The minimum absolute atomic E-state index is 0.0528. The Balaban J connectivity index is 2.77. The van der Waals surface area contributed by atoms with Crippen LogP contribution in [-0.2, 0) is 16.0 Å². The molecule has 0 aliphatic carbocycles. The van der Waals surface area contributed by atoms with Crippen LogP contribution in [0.15, 0.2) is 36.4 Å². The fourth-order valence-electron chi connectivity index (χ4n) is 1.21. The van der Waals surface area contributed by atoms with Crippen LogP contribution < -0.4 is 0 Å². The molecule has 0 radical (unpaired) electrons. The van der Waals surface area contributed by atoms with Gasteiger partial charge in [0.25, 0.3) is 5.69 Å². The second-order valence-corrected chi connectivity index (χ2v) is 3.02. The molecule has 0 spiro atoms. The van der Waals surface area contributed by atoms with Crippen molar-refractivity contribution in [2.45, 2.75) is 6.42 Å². The zero-order chi connectivity index (χ0) is 12.0. The van der Waals surface area contributed by atoms with E-state index >= 15 is 0 Å². The minimum atomic E-state index is -0.474. The van der Waals surface area contributed by atoms with Crippen LogP contribution in [0, 0.1) is 10.1 Å². The molecule has 0 atom stereocenters. The molecule has 5 nitrogen and oxygen atoms in total. The van der Waals surface area contributed by atoms with Gasteiger partial charge in [0.05, 0.1) is 12.0 Å². The molecule has 0 aliphatic heterocycles. The van der Waals surface area contributed by atoms with Crippen LogP contribution in [-0.4, -0.2) is 18.0 Å². The average Bonchev–Trinajstić information content (AvgIpc) is 2.29. The number of esters is 1. The van der Waals surface area contributed by atoms with Gasteiger partial charge < -0.3 is 4.74 Å². The van der Waals surface area contributed by atoms with E-state index in [1.165, 1.54) is 25.3 Å². The predicted octanol–water partition coefficient (Wildman–Crippen LogP) is 1.87. The van der Waals surface area contributed by atoms with Crippen LogP contribution in [0.25, 0.3) is 0 Å². The minimum Gasteiger partial charge on any atom is -0.466 e. The van der Waals surface area contributed by atoms with E-state index in [1.807, 2.05) is 0 Å². The second kappa shape index (κ2) is 5.65. The Kier molecular flexibility index (Phi) is 4.20. The van der Waals surface area contributed by atoms with Gasteiger partial charge in [0.2, 0.25) is 0 Å². The molecule has 0 aliphatic rings. The summed E-state index contributed by atoms with van der Waals surface area (Å²) in [6, 6.07) is 6.40. The predicted molar refractivity (Wildman–Crippen MR) is 58.0 cm³/mol. The molecule has 1 aromatic carbocycles. The highest BCUT2D eigenvalue weighted by Gasteiger charge is 2.10. The van der Waals surface area contributed by atoms with E-state index in [2.05, 4.69) is 4.74 Å². The first-order chi connectivity index (χ1) is 7.65. The van der Waals surface area contributed by atoms with Gasteiger partial charge in [-0.05, 0) is 6.42 Å². The van der Waals surface area contributed by atoms with Gasteiger partial charge in [-0.1, -0.05) is 24.3 Å². The number of rotatable bonds is 4. The molecule has 16 heavy (non-hydrogen) atoms. The Morgan fingerprint density at radius 1 is 1.50 bits per heavy atom. The highest BCUT2D eigenvalue weighted by atomic mass is 16.6. The van der Waals surface area contributed by atoms with Crippen molar-refractivity contribution < 1.29 is 14.5 Å². The smallest absolute Gasteiger partial charge is 0.330 e. The molecule has 0 N–H and O–H groups in total. The Hall–Kier alpha value is -2.17. The number of carbonyl (C=O) groups is 1.